The molecular weight excluding hydrogens is 358 g/mol. The van der Waals surface area contributed by atoms with Crippen molar-refractivity contribution in [3.8, 4) is 0 Å². The normalized spacial score (nSPS) is 11.2. The molecular formula is C22H19NO5. The van der Waals surface area contributed by atoms with Gasteiger partial charge in [-0.05, 0) is 37.1 Å². The second kappa shape index (κ2) is 7.31. The van der Waals surface area contributed by atoms with E-state index in [1.165, 1.54) is 6.07 Å². The second-order valence-electron chi connectivity index (χ2n) is 6.71. The Bertz CT molecular complexity index is 1220. The number of ether oxygens (including phenoxy) is 1. The number of hydrogen-bond acceptors (Lipinski definition) is 6. The van der Waals surface area contributed by atoms with Crippen molar-refractivity contribution in [2.24, 2.45) is 0 Å². The largest absolute Gasteiger partial charge is 0.461 e. The van der Waals surface area contributed by atoms with Crippen LogP contribution >= 0.6 is 0 Å². The van der Waals surface area contributed by atoms with Gasteiger partial charge in [-0.15, -0.1) is 0 Å². The van der Waals surface area contributed by atoms with Gasteiger partial charge < -0.3 is 13.7 Å². The first-order valence-corrected chi connectivity index (χ1v) is 9.05. The lowest BCUT2D eigenvalue weighted by molar-refractivity contribution is -0.144. The maximum atomic E-state index is 12.2. The van der Waals surface area contributed by atoms with E-state index in [2.05, 4.69) is 5.16 Å². The summed E-state index contributed by atoms with van der Waals surface area (Å²) in [5, 5.41) is 6.65. The molecule has 0 unspecified atom stereocenters. The zero-order valence-electron chi connectivity index (χ0n) is 15.7. The molecule has 0 spiro atoms. The number of rotatable bonds is 5. The molecule has 0 radical (unpaired) electrons. The SMILES string of the molecule is Cc1noc(C)c1CCC(=O)OCc1cc(=O)oc2ccc3ccccc3c12. The summed E-state index contributed by atoms with van der Waals surface area (Å²) in [6.07, 6.45) is 0.712. The van der Waals surface area contributed by atoms with Crippen LogP contribution in [0.25, 0.3) is 21.7 Å². The van der Waals surface area contributed by atoms with Gasteiger partial charge in [0, 0.05) is 29.0 Å². The van der Waals surface area contributed by atoms with Gasteiger partial charge >= 0.3 is 11.6 Å². The first kappa shape index (κ1) is 18.0. The average Bonchev–Trinajstić information content (AvgIpc) is 3.01. The third-order valence-corrected chi connectivity index (χ3v) is 4.86. The third kappa shape index (κ3) is 3.41. The molecule has 0 aliphatic heterocycles. The number of hydrogen-bond donors (Lipinski definition) is 0. The van der Waals surface area contributed by atoms with E-state index in [0.29, 0.717) is 23.3 Å². The van der Waals surface area contributed by atoms with Crippen LogP contribution in [0, 0.1) is 13.8 Å². The fraction of sp³-hybridized carbons (Fsp3) is 0.227. The maximum absolute atomic E-state index is 12.2. The van der Waals surface area contributed by atoms with E-state index in [1.807, 2.05) is 44.2 Å². The molecule has 2 aromatic carbocycles. The van der Waals surface area contributed by atoms with E-state index in [4.69, 9.17) is 13.7 Å². The molecule has 0 fully saturated rings. The fourth-order valence-electron chi connectivity index (χ4n) is 3.45. The minimum Gasteiger partial charge on any atom is -0.461 e. The van der Waals surface area contributed by atoms with Gasteiger partial charge in [0.1, 0.15) is 18.0 Å². The summed E-state index contributed by atoms with van der Waals surface area (Å²) in [4.78, 5) is 24.2. The quantitative estimate of drug-likeness (QED) is 0.294. The summed E-state index contributed by atoms with van der Waals surface area (Å²) in [5.74, 6) is 0.366. The van der Waals surface area contributed by atoms with Crippen molar-refractivity contribution >= 4 is 27.7 Å². The number of aromatic nitrogens is 1. The van der Waals surface area contributed by atoms with Crippen molar-refractivity contribution < 1.29 is 18.5 Å². The third-order valence-electron chi connectivity index (χ3n) is 4.86. The monoisotopic (exact) mass is 377 g/mol. The van der Waals surface area contributed by atoms with Gasteiger partial charge in [0.25, 0.3) is 0 Å². The number of carbonyl (C=O) groups is 1. The Morgan fingerprint density at radius 1 is 1.14 bits per heavy atom. The Morgan fingerprint density at radius 2 is 1.96 bits per heavy atom. The number of carbonyl (C=O) groups excluding carboxylic acids is 1. The molecule has 4 rings (SSSR count). The Morgan fingerprint density at radius 3 is 2.75 bits per heavy atom. The Hall–Kier alpha value is -3.41. The molecule has 28 heavy (non-hydrogen) atoms. The van der Waals surface area contributed by atoms with Crippen molar-refractivity contribution in [3.63, 3.8) is 0 Å². The van der Waals surface area contributed by atoms with E-state index in [1.54, 1.807) is 6.07 Å². The van der Waals surface area contributed by atoms with E-state index in [0.717, 1.165) is 27.4 Å². The maximum Gasteiger partial charge on any atom is 0.336 e. The fourth-order valence-corrected chi connectivity index (χ4v) is 3.45. The predicted molar refractivity (Wildman–Crippen MR) is 104 cm³/mol. The molecule has 0 saturated carbocycles. The number of fused-ring (bicyclic) bond motifs is 3. The molecule has 0 aliphatic carbocycles. The smallest absolute Gasteiger partial charge is 0.336 e. The molecule has 6 nitrogen and oxygen atoms in total. The van der Waals surface area contributed by atoms with Crippen LogP contribution in [0.1, 0.15) is 29.0 Å². The molecule has 0 atom stereocenters. The van der Waals surface area contributed by atoms with Gasteiger partial charge in [-0.25, -0.2) is 4.79 Å². The number of benzene rings is 2. The Kier molecular flexibility index (Phi) is 4.69. The molecule has 142 valence electrons. The van der Waals surface area contributed by atoms with Crippen LogP contribution in [0.4, 0.5) is 0 Å². The van der Waals surface area contributed by atoms with Gasteiger partial charge in [0.05, 0.1) is 5.69 Å². The molecule has 2 aromatic heterocycles. The van der Waals surface area contributed by atoms with Crippen LogP contribution in [-0.4, -0.2) is 11.1 Å². The lowest BCUT2D eigenvalue weighted by atomic mass is 10.0. The van der Waals surface area contributed by atoms with Crippen LogP contribution in [0.15, 0.2) is 56.2 Å². The van der Waals surface area contributed by atoms with Gasteiger partial charge in [0.2, 0.25) is 0 Å². The first-order valence-electron chi connectivity index (χ1n) is 9.05. The van der Waals surface area contributed by atoms with E-state index in [-0.39, 0.29) is 19.0 Å². The van der Waals surface area contributed by atoms with E-state index < -0.39 is 5.63 Å². The van der Waals surface area contributed by atoms with Crippen molar-refractivity contribution in [2.75, 3.05) is 0 Å². The lowest BCUT2D eigenvalue weighted by Gasteiger charge is -2.09. The Balaban J connectivity index is 1.57. The highest BCUT2D eigenvalue weighted by Gasteiger charge is 2.14. The van der Waals surface area contributed by atoms with Crippen LogP contribution < -0.4 is 5.63 Å². The zero-order valence-corrected chi connectivity index (χ0v) is 15.7. The highest BCUT2D eigenvalue weighted by molar-refractivity contribution is 6.07. The summed E-state index contributed by atoms with van der Waals surface area (Å²) >= 11 is 0. The lowest BCUT2D eigenvalue weighted by Crippen LogP contribution is -2.09. The number of esters is 1. The van der Waals surface area contributed by atoms with Crippen LogP contribution in [0.3, 0.4) is 0 Å². The van der Waals surface area contributed by atoms with Crippen molar-refractivity contribution in [1.29, 1.82) is 0 Å². The van der Waals surface area contributed by atoms with Gasteiger partial charge in [-0.3, -0.25) is 4.79 Å². The minimum absolute atomic E-state index is 0.0105. The summed E-state index contributed by atoms with van der Waals surface area (Å²) in [6, 6.07) is 12.9. The number of nitrogens with zero attached hydrogens (tertiary/aromatic N) is 1. The van der Waals surface area contributed by atoms with Crippen molar-refractivity contribution in [1.82, 2.24) is 5.16 Å². The minimum atomic E-state index is -0.468. The summed E-state index contributed by atoms with van der Waals surface area (Å²) in [6.45, 7) is 3.68. The van der Waals surface area contributed by atoms with Crippen molar-refractivity contribution in [2.45, 2.75) is 33.3 Å². The molecule has 0 amide bonds. The van der Waals surface area contributed by atoms with E-state index >= 15 is 0 Å². The second-order valence-corrected chi connectivity index (χ2v) is 6.71. The molecule has 4 aromatic rings. The standard InChI is InChI=1S/C22H19NO5/c1-13-17(14(2)28-23-13)8-10-20(24)26-12-16-11-21(25)27-19-9-7-15-5-3-4-6-18(15)22(16)19/h3-7,9,11H,8,10,12H2,1-2H3. The van der Waals surface area contributed by atoms with Gasteiger partial charge in [0.15, 0.2) is 0 Å². The van der Waals surface area contributed by atoms with Crippen LogP contribution in [0.5, 0.6) is 0 Å². The van der Waals surface area contributed by atoms with E-state index in [9.17, 15) is 9.59 Å². The predicted octanol–water partition coefficient (Wildman–Crippen LogP) is 4.23. The molecule has 0 saturated heterocycles. The molecule has 0 aliphatic rings. The summed E-state index contributed by atoms with van der Waals surface area (Å²) < 4.78 is 15.9. The summed E-state index contributed by atoms with van der Waals surface area (Å²) in [7, 11) is 0. The molecule has 0 bridgehead atoms. The van der Waals surface area contributed by atoms with Gasteiger partial charge in [-0.2, -0.15) is 0 Å². The highest BCUT2D eigenvalue weighted by atomic mass is 16.5. The summed E-state index contributed by atoms with van der Waals surface area (Å²) in [5.41, 5.74) is 2.35. The molecule has 0 N–H and O–H groups in total. The topological polar surface area (TPSA) is 82.5 Å². The zero-order chi connectivity index (χ0) is 19.7. The average molecular weight is 377 g/mol. The molecule has 6 heteroatoms. The molecule has 2 heterocycles. The van der Waals surface area contributed by atoms with Crippen LogP contribution in [-0.2, 0) is 22.6 Å². The Labute approximate surface area is 160 Å². The highest BCUT2D eigenvalue weighted by Crippen LogP contribution is 2.27. The van der Waals surface area contributed by atoms with Gasteiger partial charge in [-0.1, -0.05) is 35.5 Å². The first-order chi connectivity index (χ1) is 13.5. The van der Waals surface area contributed by atoms with Crippen molar-refractivity contribution in [3.05, 3.63) is 75.5 Å². The van der Waals surface area contributed by atoms with Crippen LogP contribution in [0.2, 0.25) is 0 Å². The number of aryl methyl sites for hydroxylation is 2.